The van der Waals surface area contributed by atoms with Crippen LogP contribution < -0.4 is 5.73 Å². The van der Waals surface area contributed by atoms with Gasteiger partial charge < -0.3 is 10.3 Å². The monoisotopic (exact) mass is 468 g/mol. The summed E-state index contributed by atoms with van der Waals surface area (Å²) < 4.78 is 49.5. The van der Waals surface area contributed by atoms with Gasteiger partial charge in [0.2, 0.25) is 0 Å². The molecule has 2 N–H and O–H groups in total. The lowest BCUT2D eigenvalue weighted by molar-refractivity contribution is -0.0925. The predicted octanol–water partition coefficient (Wildman–Crippen LogP) is 5.27. The Morgan fingerprint density at radius 1 is 1.29 bits per heavy atom. The molecule has 1 unspecified atom stereocenters. The van der Waals surface area contributed by atoms with E-state index >= 15 is 0 Å². The van der Waals surface area contributed by atoms with Gasteiger partial charge in [-0.25, -0.2) is 0 Å². The second-order valence-corrected chi connectivity index (χ2v) is 9.34. The van der Waals surface area contributed by atoms with E-state index in [-0.39, 0.29) is 23.4 Å². The molecule has 2 aromatic heterocycles. The summed E-state index contributed by atoms with van der Waals surface area (Å²) in [7, 11) is 1.65. The van der Waals surface area contributed by atoms with Gasteiger partial charge in [0.1, 0.15) is 23.4 Å². The zero-order valence-electron chi connectivity index (χ0n) is 17.1. The first-order valence-electron chi connectivity index (χ1n) is 9.09. The number of alkyl halides is 3. The van der Waals surface area contributed by atoms with Crippen molar-refractivity contribution in [2.75, 3.05) is 13.4 Å². The summed E-state index contributed by atoms with van der Waals surface area (Å²) in [4.78, 5) is 6.82. The van der Waals surface area contributed by atoms with Gasteiger partial charge >= 0.3 is 6.18 Å². The Morgan fingerprint density at radius 3 is 2.71 bits per heavy atom. The van der Waals surface area contributed by atoms with Gasteiger partial charge in [-0.05, 0) is 36.8 Å². The smallest absolute Gasteiger partial charge is 0.395 e. The van der Waals surface area contributed by atoms with E-state index in [1.807, 2.05) is 36.6 Å². The van der Waals surface area contributed by atoms with E-state index in [2.05, 4.69) is 10.1 Å². The molecule has 0 aliphatic carbocycles. The van der Waals surface area contributed by atoms with Gasteiger partial charge in [-0.1, -0.05) is 17.3 Å². The number of aryl methyl sites for hydroxylation is 1. The zero-order valence-corrected chi connectivity index (χ0v) is 18.7. The number of thiophene rings is 1. The standard InChI is InChI=1S/C21H21F3N3O2S2/c1-13-9-15(27-29-13)12-26-17(11-20(25)21(22,23)24)19-8-7-18(30-19)14-5-4-6-16(10-14)31(3)28-2/h4-11H,12,25H2,1-3H3/q+1. The summed E-state index contributed by atoms with van der Waals surface area (Å²) in [5.74, 6) is 0.599. The highest BCUT2D eigenvalue weighted by molar-refractivity contribution is 7.91. The van der Waals surface area contributed by atoms with E-state index in [1.54, 1.807) is 26.2 Å². The van der Waals surface area contributed by atoms with Gasteiger partial charge in [0.05, 0.1) is 24.2 Å². The van der Waals surface area contributed by atoms with Crippen LogP contribution in [0.1, 0.15) is 16.3 Å². The van der Waals surface area contributed by atoms with Crippen molar-refractivity contribution in [2.45, 2.75) is 24.5 Å². The Bertz CT molecular complexity index is 1100. The Hall–Kier alpha value is -2.56. The molecule has 0 saturated heterocycles. The lowest BCUT2D eigenvalue weighted by Gasteiger charge is -2.07. The van der Waals surface area contributed by atoms with Crippen LogP contribution >= 0.6 is 11.3 Å². The Labute approximate surface area is 185 Å². The molecule has 2 heterocycles. The third-order valence-corrected chi connectivity index (χ3v) is 6.84. The fourth-order valence-corrected chi connectivity index (χ4v) is 4.38. The molecule has 0 spiro atoms. The minimum Gasteiger partial charge on any atom is -0.395 e. The molecule has 1 atom stereocenters. The van der Waals surface area contributed by atoms with Crippen LogP contribution in [0.25, 0.3) is 10.4 Å². The van der Waals surface area contributed by atoms with Gasteiger partial charge in [-0.2, -0.15) is 17.4 Å². The summed E-state index contributed by atoms with van der Waals surface area (Å²) in [6, 6.07) is 13.1. The van der Waals surface area contributed by atoms with Crippen molar-refractivity contribution in [3.8, 4) is 10.4 Å². The molecular weight excluding hydrogens is 447 g/mol. The van der Waals surface area contributed by atoms with Gasteiger partial charge in [0, 0.05) is 17.0 Å². The number of nitrogens with two attached hydrogens (primary N) is 1. The van der Waals surface area contributed by atoms with Crippen molar-refractivity contribution < 1.29 is 21.9 Å². The van der Waals surface area contributed by atoms with Gasteiger partial charge in [-0.3, -0.25) is 4.99 Å². The lowest BCUT2D eigenvalue weighted by Crippen LogP contribution is -2.20. The maximum atomic E-state index is 13.0. The van der Waals surface area contributed by atoms with Crippen molar-refractivity contribution in [1.82, 2.24) is 5.16 Å². The van der Waals surface area contributed by atoms with Crippen molar-refractivity contribution in [3.63, 3.8) is 0 Å². The van der Waals surface area contributed by atoms with Crippen LogP contribution in [0.3, 0.4) is 0 Å². The van der Waals surface area contributed by atoms with Crippen molar-refractivity contribution in [3.05, 3.63) is 70.6 Å². The topological polar surface area (TPSA) is 73.6 Å². The molecule has 0 saturated carbocycles. The van der Waals surface area contributed by atoms with Crippen LogP contribution in [0.2, 0.25) is 0 Å². The van der Waals surface area contributed by atoms with Crippen molar-refractivity contribution >= 4 is 28.2 Å². The molecule has 0 aliphatic heterocycles. The van der Waals surface area contributed by atoms with Crippen LogP contribution in [0.5, 0.6) is 0 Å². The first-order valence-corrected chi connectivity index (χ1v) is 11.5. The lowest BCUT2D eigenvalue weighted by atomic mass is 10.2. The van der Waals surface area contributed by atoms with Crippen LogP contribution in [-0.2, 0) is 21.9 Å². The maximum absolute atomic E-state index is 13.0. The van der Waals surface area contributed by atoms with Gasteiger partial charge in [0.15, 0.2) is 16.1 Å². The average molecular weight is 469 g/mol. The van der Waals surface area contributed by atoms with E-state index < -0.39 is 11.9 Å². The van der Waals surface area contributed by atoms with E-state index in [0.717, 1.165) is 21.4 Å². The van der Waals surface area contributed by atoms with Crippen LogP contribution in [0.15, 0.2) is 68.6 Å². The fourth-order valence-electron chi connectivity index (χ4n) is 2.64. The number of hydrogen-bond acceptors (Lipinski definition) is 6. The summed E-state index contributed by atoms with van der Waals surface area (Å²) in [5.41, 5.74) is 5.65. The number of aromatic nitrogens is 1. The maximum Gasteiger partial charge on any atom is 0.430 e. The molecule has 1 aromatic carbocycles. The fraction of sp³-hybridized carbons (Fsp3) is 0.238. The molecule has 10 heteroatoms. The molecule has 3 rings (SSSR count). The number of hydrogen-bond donors (Lipinski definition) is 1. The molecule has 0 amide bonds. The molecule has 0 aliphatic rings. The quantitative estimate of drug-likeness (QED) is 0.379. The highest BCUT2D eigenvalue weighted by Gasteiger charge is 2.32. The first kappa shape index (κ1) is 23.1. The molecule has 31 heavy (non-hydrogen) atoms. The summed E-state index contributed by atoms with van der Waals surface area (Å²) in [6.45, 7) is 1.80. The van der Waals surface area contributed by atoms with E-state index in [1.165, 1.54) is 11.3 Å². The van der Waals surface area contributed by atoms with Crippen molar-refractivity contribution in [1.29, 1.82) is 0 Å². The normalized spacial score (nSPS) is 14.1. The number of halogens is 3. The summed E-state index contributed by atoms with van der Waals surface area (Å²) in [6.07, 6.45) is -1.82. The molecule has 3 aromatic rings. The minimum atomic E-state index is -4.64. The predicted molar refractivity (Wildman–Crippen MR) is 118 cm³/mol. The second-order valence-electron chi connectivity index (χ2n) is 6.54. The SMILES string of the molecule is CO[S+](C)c1cccc(-c2ccc(C(C=C(N)C(F)(F)F)=NCc3cc(C)on3)s2)c1. The number of benzene rings is 1. The largest absolute Gasteiger partial charge is 0.430 e. The van der Waals surface area contributed by atoms with Gasteiger partial charge in [0.25, 0.3) is 0 Å². The zero-order chi connectivity index (χ0) is 22.6. The van der Waals surface area contributed by atoms with E-state index in [9.17, 15) is 13.2 Å². The van der Waals surface area contributed by atoms with Crippen LogP contribution in [0.4, 0.5) is 13.2 Å². The van der Waals surface area contributed by atoms with Crippen LogP contribution in [0, 0.1) is 6.92 Å². The molecule has 164 valence electrons. The number of rotatable bonds is 7. The molecular formula is C21H21F3N3O2S2+. The van der Waals surface area contributed by atoms with E-state index in [0.29, 0.717) is 16.3 Å². The number of allylic oxidation sites excluding steroid dienone is 2. The number of aliphatic imine (C=N–C) groups is 1. The summed E-state index contributed by atoms with van der Waals surface area (Å²) >= 11 is 0.983. The average Bonchev–Trinajstić information content (AvgIpc) is 3.39. The number of nitrogens with zero attached hydrogens (tertiary/aromatic N) is 2. The first-order chi connectivity index (χ1) is 14.7. The molecule has 0 fully saturated rings. The third-order valence-electron chi connectivity index (χ3n) is 4.27. The molecule has 5 nitrogen and oxygen atoms in total. The molecule has 0 bridgehead atoms. The van der Waals surface area contributed by atoms with Crippen molar-refractivity contribution in [2.24, 2.45) is 10.7 Å². The van der Waals surface area contributed by atoms with Crippen LogP contribution in [-0.4, -0.2) is 30.4 Å². The third kappa shape index (κ3) is 5.99. The Morgan fingerprint density at radius 2 is 2.06 bits per heavy atom. The highest BCUT2D eigenvalue weighted by Crippen LogP contribution is 2.31. The van der Waals surface area contributed by atoms with Gasteiger partial charge in [-0.15, -0.1) is 11.3 Å². The van der Waals surface area contributed by atoms with E-state index in [4.69, 9.17) is 14.4 Å². The Kier molecular flexibility index (Phi) is 7.24. The minimum absolute atomic E-state index is 0.0729. The second kappa shape index (κ2) is 9.71. The summed E-state index contributed by atoms with van der Waals surface area (Å²) in [5, 5.41) is 3.83. The molecule has 0 radical (unpaired) electrons. The highest BCUT2D eigenvalue weighted by atomic mass is 32.2. The Balaban J connectivity index is 1.96.